The van der Waals surface area contributed by atoms with Crippen molar-refractivity contribution >= 4 is 9.84 Å². The van der Waals surface area contributed by atoms with Gasteiger partial charge in [0.1, 0.15) is 9.84 Å². The Bertz CT molecular complexity index is 279. The summed E-state index contributed by atoms with van der Waals surface area (Å²) in [7, 11) is -2.81. The van der Waals surface area contributed by atoms with Crippen molar-refractivity contribution in [1.29, 1.82) is 0 Å². The highest BCUT2D eigenvalue weighted by Gasteiger charge is 2.25. The maximum Gasteiger partial charge on any atom is 0.148 e. The van der Waals surface area contributed by atoms with Gasteiger partial charge in [0, 0.05) is 19.3 Å². The van der Waals surface area contributed by atoms with Crippen molar-refractivity contribution in [2.75, 3.05) is 25.1 Å². The second kappa shape index (κ2) is 5.30. The molecule has 0 aromatic rings. The highest BCUT2D eigenvalue weighted by Crippen LogP contribution is 2.34. The maximum absolute atomic E-state index is 10.9. The van der Waals surface area contributed by atoms with Gasteiger partial charge in [-0.3, -0.25) is 0 Å². The van der Waals surface area contributed by atoms with Gasteiger partial charge in [-0.15, -0.1) is 0 Å². The standard InChI is InChI=1S/C11H23NO2S/c1-11(6-4-3-5-7-11)10-12-8-9-15(2,13)14/h12H,3-10H2,1-2H3. The predicted octanol–water partition coefficient (Wildman–Crippen LogP) is 1.59. The first kappa shape index (κ1) is 13.0. The number of rotatable bonds is 5. The molecule has 1 fully saturated rings. The SMILES string of the molecule is CC1(CNCCS(C)(=O)=O)CCCCC1. The smallest absolute Gasteiger partial charge is 0.148 e. The molecule has 1 aliphatic rings. The minimum Gasteiger partial charge on any atom is -0.315 e. The Kier molecular flexibility index (Phi) is 4.59. The van der Waals surface area contributed by atoms with Crippen LogP contribution in [0.1, 0.15) is 39.0 Å². The molecule has 0 unspecified atom stereocenters. The molecular formula is C11H23NO2S. The molecule has 0 spiro atoms. The third-order valence-electron chi connectivity index (χ3n) is 3.26. The Hall–Kier alpha value is -0.0900. The Labute approximate surface area is 93.6 Å². The molecular weight excluding hydrogens is 210 g/mol. The molecule has 1 rings (SSSR count). The average Bonchev–Trinajstić information content (AvgIpc) is 2.12. The summed E-state index contributed by atoms with van der Waals surface area (Å²) >= 11 is 0. The van der Waals surface area contributed by atoms with E-state index < -0.39 is 9.84 Å². The Morgan fingerprint density at radius 3 is 2.33 bits per heavy atom. The third kappa shape index (κ3) is 5.52. The van der Waals surface area contributed by atoms with Crippen molar-refractivity contribution in [2.24, 2.45) is 5.41 Å². The monoisotopic (exact) mass is 233 g/mol. The molecule has 0 bridgehead atoms. The van der Waals surface area contributed by atoms with Crippen molar-refractivity contribution in [3.63, 3.8) is 0 Å². The summed E-state index contributed by atoms with van der Waals surface area (Å²) in [6.07, 6.45) is 7.85. The normalized spacial score (nSPS) is 21.5. The lowest BCUT2D eigenvalue weighted by atomic mass is 9.76. The van der Waals surface area contributed by atoms with Gasteiger partial charge in [-0.2, -0.15) is 0 Å². The molecule has 0 aromatic carbocycles. The van der Waals surface area contributed by atoms with Crippen LogP contribution in [0.15, 0.2) is 0 Å². The van der Waals surface area contributed by atoms with E-state index in [0.717, 1.165) is 6.54 Å². The number of nitrogens with one attached hydrogen (secondary N) is 1. The summed E-state index contributed by atoms with van der Waals surface area (Å²) in [5, 5.41) is 3.27. The van der Waals surface area contributed by atoms with Crippen LogP contribution in [-0.2, 0) is 9.84 Å². The molecule has 1 N–H and O–H groups in total. The van der Waals surface area contributed by atoms with Gasteiger partial charge in [0.25, 0.3) is 0 Å². The van der Waals surface area contributed by atoms with E-state index in [1.165, 1.54) is 38.4 Å². The maximum atomic E-state index is 10.9. The van der Waals surface area contributed by atoms with Crippen molar-refractivity contribution in [3.8, 4) is 0 Å². The highest BCUT2D eigenvalue weighted by molar-refractivity contribution is 7.90. The molecule has 0 saturated heterocycles. The zero-order valence-electron chi connectivity index (χ0n) is 9.88. The average molecular weight is 233 g/mol. The zero-order chi connectivity index (χ0) is 11.4. The van der Waals surface area contributed by atoms with Crippen LogP contribution in [-0.4, -0.2) is 33.5 Å². The van der Waals surface area contributed by atoms with Gasteiger partial charge >= 0.3 is 0 Å². The van der Waals surface area contributed by atoms with E-state index in [1.54, 1.807) is 0 Å². The highest BCUT2D eigenvalue weighted by atomic mass is 32.2. The van der Waals surface area contributed by atoms with Crippen LogP contribution in [0.2, 0.25) is 0 Å². The summed E-state index contributed by atoms with van der Waals surface area (Å²) in [6.45, 7) is 3.86. The van der Waals surface area contributed by atoms with Gasteiger partial charge in [-0.25, -0.2) is 8.42 Å². The van der Waals surface area contributed by atoms with Crippen LogP contribution in [0.25, 0.3) is 0 Å². The minimum absolute atomic E-state index is 0.253. The van der Waals surface area contributed by atoms with Gasteiger partial charge in [0.05, 0.1) is 5.75 Å². The van der Waals surface area contributed by atoms with E-state index in [4.69, 9.17) is 0 Å². The fourth-order valence-electron chi connectivity index (χ4n) is 2.23. The number of hydrogen-bond donors (Lipinski definition) is 1. The minimum atomic E-state index is -2.81. The molecule has 0 radical (unpaired) electrons. The van der Waals surface area contributed by atoms with Gasteiger partial charge in [-0.05, 0) is 18.3 Å². The van der Waals surface area contributed by atoms with Gasteiger partial charge < -0.3 is 5.32 Å². The Morgan fingerprint density at radius 2 is 1.80 bits per heavy atom. The van der Waals surface area contributed by atoms with Gasteiger partial charge in [0.2, 0.25) is 0 Å². The summed E-state index contributed by atoms with van der Waals surface area (Å²) < 4.78 is 21.8. The second-order valence-electron chi connectivity index (χ2n) is 5.18. The molecule has 90 valence electrons. The quantitative estimate of drug-likeness (QED) is 0.734. The Balaban J connectivity index is 2.19. The molecule has 4 heteroatoms. The summed E-state index contributed by atoms with van der Waals surface area (Å²) in [5.41, 5.74) is 0.399. The molecule has 1 saturated carbocycles. The molecule has 0 aliphatic heterocycles. The molecule has 0 heterocycles. The topological polar surface area (TPSA) is 46.2 Å². The van der Waals surface area contributed by atoms with Gasteiger partial charge in [0.15, 0.2) is 0 Å². The summed E-state index contributed by atoms with van der Waals surface area (Å²) in [6, 6.07) is 0. The first-order valence-electron chi connectivity index (χ1n) is 5.80. The van der Waals surface area contributed by atoms with Crippen molar-refractivity contribution in [3.05, 3.63) is 0 Å². The molecule has 0 amide bonds. The molecule has 0 aromatic heterocycles. The van der Waals surface area contributed by atoms with Crippen LogP contribution < -0.4 is 5.32 Å². The van der Waals surface area contributed by atoms with E-state index in [1.807, 2.05) is 0 Å². The van der Waals surface area contributed by atoms with Crippen LogP contribution in [0.3, 0.4) is 0 Å². The van der Waals surface area contributed by atoms with E-state index in [0.29, 0.717) is 12.0 Å². The fraction of sp³-hybridized carbons (Fsp3) is 1.00. The Morgan fingerprint density at radius 1 is 1.20 bits per heavy atom. The van der Waals surface area contributed by atoms with Crippen molar-refractivity contribution in [1.82, 2.24) is 5.32 Å². The number of hydrogen-bond acceptors (Lipinski definition) is 3. The van der Waals surface area contributed by atoms with Gasteiger partial charge in [-0.1, -0.05) is 26.2 Å². The molecule has 15 heavy (non-hydrogen) atoms. The summed E-state index contributed by atoms with van der Waals surface area (Å²) in [5.74, 6) is 0.253. The second-order valence-corrected chi connectivity index (χ2v) is 7.44. The largest absolute Gasteiger partial charge is 0.315 e. The summed E-state index contributed by atoms with van der Waals surface area (Å²) in [4.78, 5) is 0. The zero-order valence-corrected chi connectivity index (χ0v) is 10.7. The third-order valence-corrected chi connectivity index (χ3v) is 4.21. The molecule has 3 nitrogen and oxygen atoms in total. The van der Waals surface area contributed by atoms with Crippen LogP contribution in [0.5, 0.6) is 0 Å². The molecule has 0 atom stereocenters. The van der Waals surface area contributed by atoms with E-state index >= 15 is 0 Å². The first-order chi connectivity index (χ1) is 6.91. The van der Waals surface area contributed by atoms with Crippen LogP contribution in [0.4, 0.5) is 0 Å². The van der Waals surface area contributed by atoms with Crippen molar-refractivity contribution < 1.29 is 8.42 Å². The van der Waals surface area contributed by atoms with E-state index in [-0.39, 0.29) is 5.75 Å². The lowest BCUT2D eigenvalue weighted by molar-refractivity contribution is 0.209. The lowest BCUT2D eigenvalue weighted by Gasteiger charge is -2.33. The fourth-order valence-corrected chi connectivity index (χ4v) is 2.74. The molecule has 1 aliphatic carbocycles. The van der Waals surface area contributed by atoms with Crippen LogP contribution >= 0.6 is 0 Å². The van der Waals surface area contributed by atoms with E-state index in [9.17, 15) is 8.42 Å². The predicted molar refractivity (Wildman–Crippen MR) is 63.8 cm³/mol. The van der Waals surface area contributed by atoms with E-state index in [2.05, 4.69) is 12.2 Å². The number of sulfone groups is 1. The van der Waals surface area contributed by atoms with Crippen LogP contribution in [0, 0.1) is 5.41 Å². The van der Waals surface area contributed by atoms with Crippen molar-refractivity contribution in [2.45, 2.75) is 39.0 Å². The first-order valence-corrected chi connectivity index (χ1v) is 7.86. The lowest BCUT2D eigenvalue weighted by Crippen LogP contribution is -2.35.